The summed E-state index contributed by atoms with van der Waals surface area (Å²) in [5, 5.41) is 0. The summed E-state index contributed by atoms with van der Waals surface area (Å²) in [5.74, 6) is 0.353. The van der Waals surface area contributed by atoms with Gasteiger partial charge in [-0.25, -0.2) is 8.42 Å². The number of methoxy groups -OCH3 is 1. The van der Waals surface area contributed by atoms with E-state index in [0.29, 0.717) is 23.5 Å². The van der Waals surface area contributed by atoms with Gasteiger partial charge in [-0.1, -0.05) is 6.07 Å². The van der Waals surface area contributed by atoms with Crippen LogP contribution in [0.3, 0.4) is 0 Å². The number of carbonyl (C=O) groups is 1. The molecule has 1 atom stereocenters. The van der Waals surface area contributed by atoms with E-state index in [1.807, 2.05) is 6.92 Å². The van der Waals surface area contributed by atoms with Crippen LogP contribution in [0, 0.1) is 0 Å². The molecule has 0 spiro atoms. The van der Waals surface area contributed by atoms with Crippen LogP contribution in [-0.2, 0) is 10.0 Å². The lowest BCUT2D eigenvalue weighted by Crippen LogP contribution is -2.39. The second-order valence-corrected chi connectivity index (χ2v) is 8.17. The molecule has 0 heterocycles. The second kappa shape index (κ2) is 9.77. The Kier molecular flexibility index (Phi) is 8.29. The SMILES string of the molecule is COc1ccc(N(C)S(=O)(=O)c2cccc(C(=O)N(C)C(C)CN)c2)cc1.Cl. The van der Waals surface area contributed by atoms with E-state index in [9.17, 15) is 13.2 Å². The Morgan fingerprint density at radius 2 is 1.75 bits per heavy atom. The molecule has 28 heavy (non-hydrogen) atoms. The molecule has 2 N–H and O–H groups in total. The van der Waals surface area contributed by atoms with Crippen molar-refractivity contribution >= 4 is 34.0 Å². The minimum atomic E-state index is -3.82. The minimum absolute atomic E-state index is 0. The number of halogens is 1. The molecule has 0 aromatic heterocycles. The number of hydrogen-bond donors (Lipinski definition) is 1. The van der Waals surface area contributed by atoms with Crippen LogP contribution in [0.2, 0.25) is 0 Å². The summed E-state index contributed by atoms with van der Waals surface area (Å²) in [6, 6.07) is 12.5. The first-order chi connectivity index (χ1) is 12.7. The van der Waals surface area contributed by atoms with Crippen LogP contribution in [0.15, 0.2) is 53.4 Å². The third-order valence-corrected chi connectivity index (χ3v) is 6.28. The Morgan fingerprint density at radius 3 is 2.29 bits per heavy atom. The Bertz CT molecular complexity index is 904. The van der Waals surface area contributed by atoms with E-state index in [1.165, 1.54) is 28.4 Å². The van der Waals surface area contributed by atoms with Crippen molar-refractivity contribution in [2.75, 3.05) is 32.1 Å². The summed E-state index contributed by atoms with van der Waals surface area (Å²) in [4.78, 5) is 14.1. The van der Waals surface area contributed by atoms with Crippen LogP contribution in [0.5, 0.6) is 5.75 Å². The topological polar surface area (TPSA) is 92.9 Å². The highest BCUT2D eigenvalue weighted by molar-refractivity contribution is 7.92. The highest BCUT2D eigenvalue weighted by Gasteiger charge is 2.24. The second-order valence-electron chi connectivity index (χ2n) is 6.20. The number of amides is 1. The zero-order chi connectivity index (χ0) is 20.2. The standard InChI is InChI=1S/C19H25N3O4S.ClH/c1-14(13-20)21(2)19(23)15-6-5-7-18(12-15)27(24,25)22(3)16-8-10-17(26-4)11-9-16;/h5-12,14H,13,20H2,1-4H3;1H. The number of carbonyl (C=O) groups excluding carboxylic acids is 1. The Balaban J connectivity index is 0.00000392. The predicted molar refractivity (Wildman–Crippen MR) is 113 cm³/mol. The van der Waals surface area contributed by atoms with Crippen molar-refractivity contribution in [3.63, 3.8) is 0 Å². The van der Waals surface area contributed by atoms with Crippen molar-refractivity contribution < 1.29 is 17.9 Å². The summed E-state index contributed by atoms with van der Waals surface area (Å²) < 4.78 is 32.2. The van der Waals surface area contributed by atoms with Crippen LogP contribution in [0.1, 0.15) is 17.3 Å². The zero-order valence-electron chi connectivity index (χ0n) is 16.3. The van der Waals surface area contributed by atoms with E-state index >= 15 is 0 Å². The van der Waals surface area contributed by atoms with Gasteiger partial charge in [0.2, 0.25) is 0 Å². The third kappa shape index (κ3) is 4.95. The molecular formula is C19H26ClN3O4S. The molecule has 154 valence electrons. The van der Waals surface area contributed by atoms with Gasteiger partial charge in [0.15, 0.2) is 0 Å². The van der Waals surface area contributed by atoms with Gasteiger partial charge in [0.05, 0.1) is 17.7 Å². The van der Waals surface area contributed by atoms with Gasteiger partial charge in [-0.05, 0) is 49.4 Å². The summed E-state index contributed by atoms with van der Waals surface area (Å²) in [6.07, 6.45) is 0. The minimum Gasteiger partial charge on any atom is -0.497 e. The van der Waals surface area contributed by atoms with Crippen LogP contribution in [0.25, 0.3) is 0 Å². The van der Waals surface area contributed by atoms with E-state index in [4.69, 9.17) is 10.5 Å². The molecule has 9 heteroatoms. The van der Waals surface area contributed by atoms with E-state index in [0.717, 1.165) is 0 Å². The number of nitrogens with zero attached hydrogens (tertiary/aromatic N) is 2. The average molecular weight is 428 g/mol. The van der Waals surface area contributed by atoms with Crippen molar-refractivity contribution in [2.45, 2.75) is 17.9 Å². The molecule has 7 nitrogen and oxygen atoms in total. The molecule has 1 unspecified atom stereocenters. The van der Waals surface area contributed by atoms with Gasteiger partial charge in [0.25, 0.3) is 15.9 Å². The fourth-order valence-electron chi connectivity index (χ4n) is 2.44. The summed E-state index contributed by atoms with van der Waals surface area (Å²) >= 11 is 0. The molecule has 0 aliphatic heterocycles. The number of rotatable bonds is 7. The molecule has 0 saturated heterocycles. The van der Waals surface area contributed by atoms with Crippen molar-refractivity contribution in [3.8, 4) is 5.75 Å². The van der Waals surface area contributed by atoms with Gasteiger partial charge in [0.1, 0.15) is 5.75 Å². The van der Waals surface area contributed by atoms with Gasteiger partial charge in [0, 0.05) is 32.2 Å². The molecule has 0 aliphatic rings. The lowest BCUT2D eigenvalue weighted by atomic mass is 10.2. The maximum atomic E-state index is 13.0. The fraction of sp³-hybridized carbons (Fsp3) is 0.316. The summed E-state index contributed by atoms with van der Waals surface area (Å²) in [5.41, 5.74) is 6.39. The fourth-order valence-corrected chi connectivity index (χ4v) is 3.68. The predicted octanol–water partition coefficient (Wildman–Crippen LogP) is 2.36. The van der Waals surface area contributed by atoms with E-state index < -0.39 is 10.0 Å². The number of nitrogens with two attached hydrogens (primary N) is 1. The highest BCUT2D eigenvalue weighted by Crippen LogP contribution is 2.25. The summed E-state index contributed by atoms with van der Waals surface area (Å²) in [6.45, 7) is 2.15. The molecule has 2 aromatic rings. The smallest absolute Gasteiger partial charge is 0.264 e. The molecule has 0 radical (unpaired) electrons. The van der Waals surface area contributed by atoms with Crippen LogP contribution >= 0.6 is 12.4 Å². The molecular weight excluding hydrogens is 402 g/mol. The number of likely N-dealkylation sites (N-methyl/N-ethyl adjacent to an activating group) is 1. The number of hydrogen-bond acceptors (Lipinski definition) is 5. The van der Waals surface area contributed by atoms with Gasteiger partial charge in [-0.2, -0.15) is 0 Å². The van der Waals surface area contributed by atoms with Gasteiger partial charge >= 0.3 is 0 Å². The average Bonchev–Trinajstić information content (AvgIpc) is 2.71. The number of anilines is 1. The Hall–Kier alpha value is -2.29. The van der Waals surface area contributed by atoms with E-state index in [2.05, 4.69) is 0 Å². The van der Waals surface area contributed by atoms with Crippen molar-refractivity contribution in [1.82, 2.24) is 4.90 Å². The molecule has 0 aliphatic carbocycles. The van der Waals surface area contributed by atoms with E-state index in [-0.39, 0.29) is 29.3 Å². The number of sulfonamides is 1. The molecule has 2 aromatic carbocycles. The normalized spacial score (nSPS) is 11.9. The molecule has 0 saturated carbocycles. The Morgan fingerprint density at radius 1 is 1.14 bits per heavy atom. The van der Waals surface area contributed by atoms with E-state index in [1.54, 1.807) is 50.6 Å². The number of ether oxygens (including phenoxy) is 1. The van der Waals surface area contributed by atoms with Gasteiger partial charge in [-0.15, -0.1) is 12.4 Å². The quantitative estimate of drug-likeness (QED) is 0.732. The summed E-state index contributed by atoms with van der Waals surface area (Å²) in [7, 11) is 0.830. The largest absolute Gasteiger partial charge is 0.497 e. The maximum absolute atomic E-state index is 13.0. The Labute approximate surface area is 172 Å². The zero-order valence-corrected chi connectivity index (χ0v) is 18.0. The monoisotopic (exact) mass is 427 g/mol. The first-order valence-electron chi connectivity index (χ1n) is 8.42. The molecule has 0 bridgehead atoms. The van der Waals surface area contributed by atoms with Gasteiger partial charge in [-0.3, -0.25) is 9.10 Å². The molecule has 0 fully saturated rings. The van der Waals surface area contributed by atoms with Crippen molar-refractivity contribution in [3.05, 3.63) is 54.1 Å². The van der Waals surface area contributed by atoms with Crippen LogP contribution in [0.4, 0.5) is 5.69 Å². The lowest BCUT2D eigenvalue weighted by Gasteiger charge is -2.24. The van der Waals surface area contributed by atoms with Crippen LogP contribution in [-0.4, -0.2) is 53.0 Å². The maximum Gasteiger partial charge on any atom is 0.264 e. The first kappa shape index (κ1) is 23.7. The molecule has 1 amide bonds. The highest BCUT2D eigenvalue weighted by atomic mass is 35.5. The van der Waals surface area contributed by atoms with Crippen LogP contribution < -0.4 is 14.8 Å². The lowest BCUT2D eigenvalue weighted by molar-refractivity contribution is 0.0748. The third-order valence-electron chi connectivity index (χ3n) is 4.50. The first-order valence-corrected chi connectivity index (χ1v) is 9.86. The number of benzene rings is 2. The van der Waals surface area contributed by atoms with Gasteiger partial charge < -0.3 is 15.4 Å². The molecule has 2 rings (SSSR count). The van der Waals surface area contributed by atoms with Crippen molar-refractivity contribution in [2.24, 2.45) is 5.73 Å². The van der Waals surface area contributed by atoms with Crippen molar-refractivity contribution in [1.29, 1.82) is 0 Å².